The lowest BCUT2D eigenvalue weighted by molar-refractivity contribution is -0.140. The molecule has 0 N–H and O–H groups in total. The summed E-state index contributed by atoms with van der Waals surface area (Å²) in [6, 6.07) is 0. The number of esters is 1. The fourth-order valence-corrected chi connectivity index (χ4v) is 1.31. The number of rotatable bonds is 4. The summed E-state index contributed by atoms with van der Waals surface area (Å²) in [4.78, 5) is 21.6. The molecule has 0 fully saturated rings. The highest BCUT2D eigenvalue weighted by molar-refractivity contribution is 5.92. The van der Waals surface area contributed by atoms with Crippen LogP contribution in [0.25, 0.3) is 0 Å². The van der Waals surface area contributed by atoms with E-state index < -0.39 is 0 Å². The second-order valence-corrected chi connectivity index (χ2v) is 3.24. The number of ketones is 1. The number of methoxy groups -OCH3 is 1. The molecular formula is C11H14O3. The Morgan fingerprint density at radius 2 is 2.50 bits per heavy atom. The molecule has 0 saturated heterocycles. The number of ether oxygens (including phenoxy) is 1. The molecule has 14 heavy (non-hydrogen) atoms. The third-order valence-electron chi connectivity index (χ3n) is 2.09. The minimum Gasteiger partial charge on any atom is -0.469 e. The van der Waals surface area contributed by atoms with E-state index in [9.17, 15) is 9.59 Å². The Morgan fingerprint density at radius 3 is 3.07 bits per heavy atom. The first-order valence-corrected chi connectivity index (χ1v) is 4.67. The van der Waals surface area contributed by atoms with Crippen LogP contribution in [-0.2, 0) is 14.3 Å². The quantitative estimate of drug-likeness (QED) is 0.504. The molecule has 1 rings (SSSR count). The van der Waals surface area contributed by atoms with Gasteiger partial charge in [-0.05, 0) is 12.5 Å². The molecule has 76 valence electrons. The van der Waals surface area contributed by atoms with Crippen molar-refractivity contribution in [3.05, 3.63) is 24.3 Å². The molecule has 0 bridgehead atoms. The topological polar surface area (TPSA) is 43.4 Å². The first kappa shape index (κ1) is 10.7. The zero-order chi connectivity index (χ0) is 10.4. The van der Waals surface area contributed by atoms with Crippen molar-refractivity contribution in [2.75, 3.05) is 7.11 Å². The summed E-state index contributed by atoms with van der Waals surface area (Å²) in [6.07, 6.45) is 9.01. The van der Waals surface area contributed by atoms with Gasteiger partial charge in [-0.15, -0.1) is 0 Å². The normalized spacial score (nSPS) is 20.6. The number of carbonyl (C=O) groups excluding carboxylic acids is 2. The van der Waals surface area contributed by atoms with Crippen molar-refractivity contribution in [2.45, 2.75) is 19.3 Å². The van der Waals surface area contributed by atoms with E-state index in [0.29, 0.717) is 19.3 Å². The van der Waals surface area contributed by atoms with Crippen molar-refractivity contribution < 1.29 is 14.3 Å². The second-order valence-electron chi connectivity index (χ2n) is 3.24. The van der Waals surface area contributed by atoms with Gasteiger partial charge >= 0.3 is 5.97 Å². The number of allylic oxidation sites excluding steroid dienone is 4. The van der Waals surface area contributed by atoms with Crippen LogP contribution in [0.1, 0.15) is 19.3 Å². The predicted molar refractivity (Wildman–Crippen MR) is 52.6 cm³/mol. The van der Waals surface area contributed by atoms with E-state index in [2.05, 4.69) is 4.74 Å². The van der Waals surface area contributed by atoms with Gasteiger partial charge in [0, 0.05) is 18.8 Å². The highest BCUT2D eigenvalue weighted by atomic mass is 16.5. The van der Waals surface area contributed by atoms with E-state index in [1.54, 1.807) is 6.08 Å². The van der Waals surface area contributed by atoms with Gasteiger partial charge in [0.25, 0.3) is 0 Å². The molecule has 0 aromatic rings. The highest BCUT2D eigenvalue weighted by Crippen LogP contribution is 2.15. The molecule has 1 unspecified atom stereocenters. The molecule has 0 amide bonds. The summed E-state index contributed by atoms with van der Waals surface area (Å²) in [5.74, 6) is 0.195. The number of hydrogen-bond donors (Lipinski definition) is 0. The lowest BCUT2D eigenvalue weighted by atomic mass is 10.1. The molecule has 0 aliphatic heterocycles. The van der Waals surface area contributed by atoms with Crippen LogP contribution in [0, 0.1) is 5.92 Å². The van der Waals surface area contributed by atoms with Crippen LogP contribution < -0.4 is 0 Å². The number of carbonyl (C=O) groups is 2. The monoisotopic (exact) mass is 194 g/mol. The molecule has 0 heterocycles. The summed E-state index contributed by atoms with van der Waals surface area (Å²) in [5.41, 5.74) is 0. The SMILES string of the molecule is COC(=O)CCC=CC1C=CC(=O)C1. The summed E-state index contributed by atoms with van der Waals surface area (Å²) in [7, 11) is 1.38. The molecule has 0 spiro atoms. The van der Waals surface area contributed by atoms with Crippen LogP contribution in [-0.4, -0.2) is 18.9 Å². The fourth-order valence-electron chi connectivity index (χ4n) is 1.31. The maximum absolute atomic E-state index is 10.8. The van der Waals surface area contributed by atoms with E-state index in [-0.39, 0.29) is 17.7 Å². The van der Waals surface area contributed by atoms with Crippen LogP contribution in [0.5, 0.6) is 0 Å². The van der Waals surface area contributed by atoms with Gasteiger partial charge in [0.2, 0.25) is 0 Å². The Hall–Kier alpha value is -1.38. The van der Waals surface area contributed by atoms with E-state index in [4.69, 9.17) is 0 Å². The van der Waals surface area contributed by atoms with Crippen LogP contribution in [0.15, 0.2) is 24.3 Å². The predicted octanol–water partition coefficient (Wildman–Crippen LogP) is 1.64. The fraction of sp³-hybridized carbons (Fsp3) is 0.455. The van der Waals surface area contributed by atoms with Gasteiger partial charge in [-0.25, -0.2) is 0 Å². The van der Waals surface area contributed by atoms with Crippen LogP contribution >= 0.6 is 0 Å². The minimum absolute atomic E-state index is 0.174. The first-order chi connectivity index (χ1) is 6.72. The summed E-state index contributed by atoms with van der Waals surface area (Å²) in [5, 5.41) is 0. The van der Waals surface area contributed by atoms with Gasteiger partial charge in [0.1, 0.15) is 0 Å². The van der Waals surface area contributed by atoms with Crippen LogP contribution in [0.2, 0.25) is 0 Å². The Labute approximate surface area is 83.4 Å². The van der Waals surface area contributed by atoms with E-state index in [1.807, 2.05) is 18.2 Å². The standard InChI is InChI=1S/C11H14O3/c1-14-11(13)5-3-2-4-9-6-7-10(12)8-9/h2,4,6-7,9H,3,5,8H2,1H3. The molecule has 0 radical (unpaired) electrons. The van der Waals surface area contributed by atoms with Gasteiger partial charge in [0.15, 0.2) is 5.78 Å². The van der Waals surface area contributed by atoms with E-state index in [1.165, 1.54) is 7.11 Å². The molecule has 1 aliphatic carbocycles. The minimum atomic E-state index is -0.201. The Bertz CT molecular complexity index is 276. The maximum atomic E-state index is 10.8. The molecule has 0 saturated carbocycles. The summed E-state index contributed by atoms with van der Waals surface area (Å²) in [6.45, 7) is 0. The maximum Gasteiger partial charge on any atom is 0.305 e. The van der Waals surface area contributed by atoms with Crippen LogP contribution in [0.4, 0.5) is 0 Å². The van der Waals surface area contributed by atoms with Gasteiger partial charge in [-0.3, -0.25) is 9.59 Å². The van der Waals surface area contributed by atoms with Gasteiger partial charge in [-0.2, -0.15) is 0 Å². The molecule has 1 atom stereocenters. The average Bonchev–Trinajstić information content (AvgIpc) is 2.58. The van der Waals surface area contributed by atoms with E-state index >= 15 is 0 Å². The lowest BCUT2D eigenvalue weighted by Gasteiger charge is -1.97. The number of hydrogen-bond acceptors (Lipinski definition) is 3. The van der Waals surface area contributed by atoms with Crippen molar-refractivity contribution in [2.24, 2.45) is 5.92 Å². The largest absolute Gasteiger partial charge is 0.469 e. The van der Waals surface area contributed by atoms with Gasteiger partial charge in [0.05, 0.1) is 7.11 Å². The molecule has 0 aromatic heterocycles. The zero-order valence-electron chi connectivity index (χ0n) is 8.23. The van der Waals surface area contributed by atoms with Crippen molar-refractivity contribution in [3.63, 3.8) is 0 Å². The molecule has 3 nitrogen and oxygen atoms in total. The lowest BCUT2D eigenvalue weighted by Crippen LogP contribution is -1.98. The van der Waals surface area contributed by atoms with Gasteiger partial charge < -0.3 is 4.74 Å². The van der Waals surface area contributed by atoms with Crippen LogP contribution in [0.3, 0.4) is 0 Å². The third-order valence-corrected chi connectivity index (χ3v) is 2.09. The Kier molecular flexibility index (Phi) is 4.11. The Morgan fingerprint density at radius 1 is 1.71 bits per heavy atom. The van der Waals surface area contributed by atoms with Gasteiger partial charge in [-0.1, -0.05) is 18.2 Å². The van der Waals surface area contributed by atoms with Crippen molar-refractivity contribution in [3.8, 4) is 0 Å². The second kappa shape index (κ2) is 5.37. The zero-order valence-corrected chi connectivity index (χ0v) is 8.23. The third kappa shape index (κ3) is 3.56. The smallest absolute Gasteiger partial charge is 0.305 e. The first-order valence-electron chi connectivity index (χ1n) is 4.67. The van der Waals surface area contributed by atoms with Crippen molar-refractivity contribution in [1.29, 1.82) is 0 Å². The highest BCUT2D eigenvalue weighted by Gasteiger charge is 2.11. The average molecular weight is 194 g/mol. The molecule has 3 heteroatoms. The summed E-state index contributed by atoms with van der Waals surface area (Å²) < 4.78 is 4.50. The van der Waals surface area contributed by atoms with Crippen molar-refractivity contribution in [1.82, 2.24) is 0 Å². The summed E-state index contributed by atoms with van der Waals surface area (Å²) >= 11 is 0. The van der Waals surface area contributed by atoms with E-state index in [0.717, 1.165) is 0 Å². The molecular weight excluding hydrogens is 180 g/mol. The van der Waals surface area contributed by atoms with Crippen molar-refractivity contribution >= 4 is 11.8 Å². The molecule has 1 aliphatic rings. The Balaban J connectivity index is 2.18. The molecule has 0 aromatic carbocycles.